The van der Waals surface area contributed by atoms with Crippen molar-refractivity contribution in [3.8, 4) is 11.4 Å². The SMILES string of the molecule is N[S+]([O-])c1ccc(-c2nnn(Cc3ccc(F)cn3)n2)cc1. The number of benzene rings is 1. The normalized spacial score (nSPS) is 12.3. The van der Waals surface area contributed by atoms with Gasteiger partial charge >= 0.3 is 0 Å². The number of hydrogen-bond donors (Lipinski definition) is 1. The molecule has 3 rings (SSSR count). The Kier molecular flexibility index (Phi) is 4.09. The number of pyridine rings is 1. The van der Waals surface area contributed by atoms with E-state index in [1.165, 1.54) is 10.9 Å². The molecule has 2 heterocycles. The Hall–Kier alpha value is -2.36. The zero-order chi connectivity index (χ0) is 15.5. The maximum atomic E-state index is 12.8. The van der Waals surface area contributed by atoms with Gasteiger partial charge in [-0.3, -0.25) is 4.98 Å². The van der Waals surface area contributed by atoms with Crippen LogP contribution in [0.4, 0.5) is 4.39 Å². The van der Waals surface area contributed by atoms with E-state index in [9.17, 15) is 8.94 Å². The van der Waals surface area contributed by atoms with Crippen LogP contribution in [-0.2, 0) is 17.9 Å². The van der Waals surface area contributed by atoms with Crippen LogP contribution in [0.5, 0.6) is 0 Å². The fourth-order valence-electron chi connectivity index (χ4n) is 1.81. The molecule has 0 saturated heterocycles. The average Bonchev–Trinajstić information content (AvgIpc) is 2.98. The summed E-state index contributed by atoms with van der Waals surface area (Å²) in [5.74, 6) is 0.0323. The number of nitrogens with two attached hydrogens (primary N) is 1. The summed E-state index contributed by atoms with van der Waals surface area (Å²) in [6, 6.07) is 9.62. The standard InChI is InChI=1S/C13H11FN6OS/c14-10-3-4-11(16-7-10)8-20-18-13(17-19-20)9-1-5-12(6-2-9)22(15)21/h1-7H,8,15H2. The Balaban J connectivity index is 1.77. The highest BCUT2D eigenvalue weighted by atomic mass is 32.2. The minimum Gasteiger partial charge on any atom is -0.593 e. The van der Waals surface area contributed by atoms with Crippen LogP contribution in [0, 0.1) is 5.82 Å². The molecule has 0 aliphatic carbocycles. The number of nitrogens with zero attached hydrogens (tertiary/aromatic N) is 5. The molecule has 0 aliphatic heterocycles. The van der Waals surface area contributed by atoms with Gasteiger partial charge < -0.3 is 4.55 Å². The molecular formula is C13H11FN6OS. The minimum atomic E-state index is -1.52. The van der Waals surface area contributed by atoms with Gasteiger partial charge in [0.15, 0.2) is 4.90 Å². The third-order valence-corrected chi connectivity index (χ3v) is 3.63. The van der Waals surface area contributed by atoms with Crippen molar-refractivity contribution in [3.05, 3.63) is 54.1 Å². The maximum absolute atomic E-state index is 12.8. The van der Waals surface area contributed by atoms with Gasteiger partial charge in [0.25, 0.3) is 0 Å². The molecule has 2 aromatic heterocycles. The predicted octanol–water partition coefficient (Wildman–Crippen LogP) is 0.904. The van der Waals surface area contributed by atoms with Crippen LogP contribution in [0.15, 0.2) is 47.5 Å². The van der Waals surface area contributed by atoms with E-state index in [1.54, 1.807) is 30.3 Å². The van der Waals surface area contributed by atoms with Crippen molar-refractivity contribution in [2.24, 2.45) is 5.14 Å². The molecule has 0 spiro atoms. The van der Waals surface area contributed by atoms with Gasteiger partial charge in [-0.15, -0.1) is 15.3 Å². The molecule has 0 fully saturated rings. The summed E-state index contributed by atoms with van der Waals surface area (Å²) in [7, 11) is 0. The van der Waals surface area contributed by atoms with Gasteiger partial charge in [0, 0.05) is 5.56 Å². The first-order chi connectivity index (χ1) is 10.6. The molecule has 0 saturated carbocycles. The fourth-order valence-corrected chi connectivity index (χ4v) is 2.21. The molecule has 9 heteroatoms. The van der Waals surface area contributed by atoms with E-state index < -0.39 is 17.2 Å². The monoisotopic (exact) mass is 318 g/mol. The minimum absolute atomic E-state index is 0.290. The number of tetrazole rings is 1. The smallest absolute Gasteiger partial charge is 0.204 e. The van der Waals surface area contributed by atoms with Crippen molar-refractivity contribution in [3.63, 3.8) is 0 Å². The van der Waals surface area contributed by atoms with Crippen molar-refractivity contribution in [1.29, 1.82) is 0 Å². The largest absolute Gasteiger partial charge is 0.593 e. The van der Waals surface area contributed by atoms with Crippen molar-refractivity contribution < 1.29 is 8.94 Å². The first kappa shape index (κ1) is 14.6. The lowest BCUT2D eigenvalue weighted by atomic mass is 10.2. The summed E-state index contributed by atoms with van der Waals surface area (Å²) in [5.41, 5.74) is 1.35. The lowest BCUT2D eigenvalue weighted by Crippen LogP contribution is -2.11. The number of halogens is 1. The van der Waals surface area contributed by atoms with Gasteiger partial charge in [-0.1, -0.05) is 0 Å². The summed E-state index contributed by atoms with van der Waals surface area (Å²) in [6.45, 7) is 0.290. The Morgan fingerprint density at radius 3 is 2.59 bits per heavy atom. The van der Waals surface area contributed by atoms with Crippen molar-refractivity contribution in [1.82, 2.24) is 25.2 Å². The van der Waals surface area contributed by atoms with Crippen LogP contribution in [0.3, 0.4) is 0 Å². The third-order valence-electron chi connectivity index (χ3n) is 2.89. The second kappa shape index (κ2) is 6.18. The molecule has 0 amide bonds. The molecule has 3 aromatic rings. The van der Waals surface area contributed by atoms with E-state index in [1.807, 2.05) is 0 Å². The molecule has 0 aliphatic rings. The average molecular weight is 318 g/mol. The molecule has 112 valence electrons. The highest BCUT2D eigenvalue weighted by molar-refractivity contribution is 7.89. The summed E-state index contributed by atoms with van der Waals surface area (Å²) in [5, 5.41) is 17.4. The summed E-state index contributed by atoms with van der Waals surface area (Å²) in [4.78, 5) is 5.82. The third kappa shape index (κ3) is 3.27. The highest BCUT2D eigenvalue weighted by Gasteiger charge is 2.10. The molecule has 1 unspecified atom stereocenters. The van der Waals surface area contributed by atoms with E-state index in [4.69, 9.17) is 5.14 Å². The Bertz CT molecular complexity index is 759. The van der Waals surface area contributed by atoms with Gasteiger partial charge in [0.05, 0.1) is 23.3 Å². The number of hydrogen-bond acceptors (Lipinski definition) is 6. The van der Waals surface area contributed by atoms with E-state index in [-0.39, 0.29) is 6.54 Å². The quantitative estimate of drug-likeness (QED) is 0.717. The van der Waals surface area contributed by atoms with Crippen molar-refractivity contribution in [2.75, 3.05) is 0 Å². The number of rotatable bonds is 4. The molecule has 1 aromatic carbocycles. The molecule has 7 nitrogen and oxygen atoms in total. The summed E-state index contributed by atoms with van der Waals surface area (Å²) < 4.78 is 23.9. The lowest BCUT2D eigenvalue weighted by Gasteiger charge is -2.02. The lowest BCUT2D eigenvalue weighted by molar-refractivity contribution is 0.559. The van der Waals surface area contributed by atoms with E-state index in [2.05, 4.69) is 20.4 Å². The summed E-state index contributed by atoms with van der Waals surface area (Å²) in [6.07, 6.45) is 1.14. The zero-order valence-electron chi connectivity index (χ0n) is 11.3. The maximum Gasteiger partial charge on any atom is 0.204 e. The molecule has 22 heavy (non-hydrogen) atoms. The predicted molar refractivity (Wildman–Crippen MR) is 77.1 cm³/mol. The van der Waals surface area contributed by atoms with Gasteiger partial charge in [0.2, 0.25) is 5.82 Å². The molecule has 0 radical (unpaired) electrons. The van der Waals surface area contributed by atoms with Gasteiger partial charge in [-0.05, 0) is 41.6 Å². The fraction of sp³-hybridized carbons (Fsp3) is 0.0769. The zero-order valence-corrected chi connectivity index (χ0v) is 12.1. The topological polar surface area (TPSA) is 106 Å². The highest BCUT2D eigenvalue weighted by Crippen LogP contribution is 2.16. The Morgan fingerprint density at radius 2 is 1.95 bits per heavy atom. The van der Waals surface area contributed by atoms with Crippen LogP contribution in [0.1, 0.15) is 5.69 Å². The Morgan fingerprint density at radius 1 is 1.18 bits per heavy atom. The van der Waals surface area contributed by atoms with Crippen LogP contribution in [0.2, 0.25) is 0 Å². The second-order valence-electron chi connectivity index (χ2n) is 4.43. The van der Waals surface area contributed by atoms with Crippen LogP contribution < -0.4 is 5.14 Å². The van der Waals surface area contributed by atoms with Crippen LogP contribution in [0.25, 0.3) is 11.4 Å². The van der Waals surface area contributed by atoms with Gasteiger partial charge in [-0.2, -0.15) is 4.80 Å². The van der Waals surface area contributed by atoms with Gasteiger partial charge in [-0.25, -0.2) is 4.39 Å². The van der Waals surface area contributed by atoms with Crippen LogP contribution >= 0.6 is 0 Å². The van der Waals surface area contributed by atoms with Gasteiger partial charge in [0.1, 0.15) is 12.4 Å². The summed E-state index contributed by atoms with van der Waals surface area (Å²) >= 11 is -1.52. The molecule has 1 atom stereocenters. The van der Waals surface area contributed by atoms with E-state index in [0.717, 1.165) is 11.8 Å². The van der Waals surface area contributed by atoms with Crippen LogP contribution in [-0.4, -0.2) is 29.7 Å². The van der Waals surface area contributed by atoms with E-state index >= 15 is 0 Å². The second-order valence-corrected chi connectivity index (χ2v) is 5.50. The molecule has 0 bridgehead atoms. The Labute approximate surface area is 128 Å². The number of aromatic nitrogens is 5. The molecule has 2 N–H and O–H groups in total. The molecular weight excluding hydrogens is 307 g/mol. The first-order valence-electron chi connectivity index (χ1n) is 6.27. The van der Waals surface area contributed by atoms with E-state index in [0.29, 0.717) is 16.4 Å². The van der Waals surface area contributed by atoms with Crippen molar-refractivity contribution >= 4 is 11.4 Å². The first-order valence-corrected chi connectivity index (χ1v) is 7.48. The van der Waals surface area contributed by atoms with Crippen molar-refractivity contribution in [2.45, 2.75) is 11.4 Å².